The number of rotatable bonds is 3. The third-order valence-electron chi connectivity index (χ3n) is 2.85. The number of hydrogen-bond donors (Lipinski definition) is 1. The fourth-order valence-electron chi connectivity index (χ4n) is 1.74. The molecule has 0 amide bonds. The topological polar surface area (TPSA) is 40.5 Å². The predicted molar refractivity (Wildman–Crippen MR) is 90.5 cm³/mol. The predicted octanol–water partition coefficient (Wildman–Crippen LogP) is 2.58. The normalized spacial score (nSPS) is 11.1. The molecule has 0 aliphatic carbocycles. The van der Waals surface area contributed by atoms with Crippen LogP contribution in [-0.4, -0.2) is 34.8 Å². The average Bonchev–Trinajstić information content (AvgIpc) is 2.48. The second-order valence-corrected chi connectivity index (χ2v) is 5.19. The summed E-state index contributed by atoms with van der Waals surface area (Å²) >= 11 is 5.21. The van der Waals surface area contributed by atoms with Gasteiger partial charge in [0.1, 0.15) is 5.71 Å². The molecule has 0 saturated heterocycles. The number of hydrazone groups is 1. The largest absolute Gasteiger partial charge is 0.354 e. The van der Waals surface area contributed by atoms with Crippen LogP contribution >= 0.6 is 12.2 Å². The molecule has 0 saturated carbocycles. The zero-order valence-corrected chi connectivity index (χ0v) is 13.2. The van der Waals surface area contributed by atoms with Gasteiger partial charge in [-0.25, -0.2) is 0 Å². The minimum absolute atomic E-state index is 0.552. The maximum absolute atomic E-state index is 5.21. The van der Waals surface area contributed by atoms with Crippen molar-refractivity contribution in [2.45, 2.75) is 6.92 Å². The van der Waals surface area contributed by atoms with Crippen molar-refractivity contribution in [1.82, 2.24) is 15.3 Å². The van der Waals surface area contributed by atoms with Crippen molar-refractivity contribution in [3.63, 3.8) is 0 Å². The van der Waals surface area contributed by atoms with Gasteiger partial charge in [-0.15, -0.1) is 0 Å². The van der Waals surface area contributed by atoms with E-state index in [1.54, 1.807) is 4.90 Å². The minimum Gasteiger partial charge on any atom is -0.354 e. The van der Waals surface area contributed by atoms with Crippen molar-refractivity contribution in [2.24, 2.45) is 5.10 Å². The summed E-state index contributed by atoms with van der Waals surface area (Å²) in [6.07, 6.45) is 0. The molecule has 21 heavy (non-hydrogen) atoms. The third-order valence-corrected chi connectivity index (χ3v) is 3.30. The van der Waals surface area contributed by atoms with Crippen molar-refractivity contribution in [2.75, 3.05) is 14.1 Å². The van der Waals surface area contributed by atoms with Crippen LogP contribution in [-0.2, 0) is 0 Å². The number of hydrogen-bond acceptors (Lipinski definition) is 3. The van der Waals surface area contributed by atoms with E-state index in [9.17, 15) is 0 Å². The van der Waals surface area contributed by atoms with E-state index in [1.807, 2.05) is 69.6 Å². The number of pyridine rings is 1. The van der Waals surface area contributed by atoms with Gasteiger partial charge >= 0.3 is 0 Å². The van der Waals surface area contributed by atoms with Crippen LogP contribution in [0.25, 0.3) is 0 Å². The lowest BCUT2D eigenvalue weighted by atomic mass is 10.1. The summed E-state index contributed by atoms with van der Waals surface area (Å²) in [5.74, 6) is 0. The molecule has 1 aromatic carbocycles. The lowest BCUT2D eigenvalue weighted by molar-refractivity contribution is 0.606. The van der Waals surface area contributed by atoms with Gasteiger partial charge in [0.15, 0.2) is 5.11 Å². The average molecular weight is 298 g/mol. The van der Waals surface area contributed by atoms with Crippen LogP contribution in [0.1, 0.15) is 17.0 Å². The third kappa shape index (κ3) is 4.10. The first-order valence-corrected chi connectivity index (χ1v) is 7.03. The van der Waals surface area contributed by atoms with Gasteiger partial charge < -0.3 is 4.90 Å². The standard InChI is InChI=1S/C16H18N4S/c1-12-8-7-11-14(17-12)15(13-9-5-4-6-10-13)18-19-16(21)20(2)3/h4-11H,1-3H3,(H,19,21)/b18-15-. The summed E-state index contributed by atoms with van der Waals surface area (Å²) < 4.78 is 0. The smallest absolute Gasteiger partial charge is 0.189 e. The van der Waals surface area contributed by atoms with Gasteiger partial charge in [0, 0.05) is 25.4 Å². The van der Waals surface area contributed by atoms with Gasteiger partial charge in [-0.2, -0.15) is 5.10 Å². The minimum atomic E-state index is 0.552. The molecule has 108 valence electrons. The van der Waals surface area contributed by atoms with Gasteiger partial charge in [0.05, 0.1) is 5.69 Å². The Labute approximate surface area is 130 Å². The number of thiocarbonyl (C=S) groups is 1. The van der Waals surface area contributed by atoms with Crippen molar-refractivity contribution in [3.05, 3.63) is 65.5 Å². The molecule has 4 nitrogen and oxygen atoms in total. The number of benzene rings is 1. The Morgan fingerprint density at radius 3 is 2.43 bits per heavy atom. The van der Waals surface area contributed by atoms with Gasteiger partial charge in [-0.3, -0.25) is 10.4 Å². The Bertz CT molecular complexity index is 650. The van der Waals surface area contributed by atoms with E-state index in [0.717, 1.165) is 22.7 Å². The van der Waals surface area contributed by atoms with E-state index in [-0.39, 0.29) is 0 Å². The summed E-state index contributed by atoms with van der Waals surface area (Å²) in [5, 5.41) is 5.00. The molecule has 2 rings (SSSR count). The highest BCUT2D eigenvalue weighted by Gasteiger charge is 2.09. The zero-order valence-electron chi connectivity index (χ0n) is 12.4. The van der Waals surface area contributed by atoms with Gasteiger partial charge in [-0.05, 0) is 31.3 Å². The highest BCUT2D eigenvalue weighted by Crippen LogP contribution is 2.09. The second-order valence-electron chi connectivity index (χ2n) is 4.80. The summed E-state index contributed by atoms with van der Waals surface area (Å²) in [6, 6.07) is 15.8. The Morgan fingerprint density at radius 1 is 1.10 bits per heavy atom. The lowest BCUT2D eigenvalue weighted by Crippen LogP contribution is -2.31. The highest BCUT2D eigenvalue weighted by atomic mass is 32.1. The molecule has 1 N–H and O–H groups in total. The first kappa shape index (κ1) is 15.1. The lowest BCUT2D eigenvalue weighted by Gasteiger charge is -2.14. The molecule has 0 aliphatic heterocycles. The number of aryl methyl sites for hydroxylation is 1. The van der Waals surface area contributed by atoms with Crippen LogP contribution in [0.15, 0.2) is 53.6 Å². The molecule has 0 aliphatic rings. The molecule has 0 atom stereocenters. The highest BCUT2D eigenvalue weighted by molar-refractivity contribution is 7.80. The van der Waals surface area contributed by atoms with E-state index < -0.39 is 0 Å². The first-order chi connectivity index (χ1) is 10.1. The Hall–Kier alpha value is -2.27. The van der Waals surface area contributed by atoms with Crippen LogP contribution in [0.2, 0.25) is 0 Å². The summed E-state index contributed by atoms with van der Waals surface area (Å²) in [7, 11) is 3.75. The number of nitrogens with zero attached hydrogens (tertiary/aromatic N) is 3. The fraction of sp³-hybridized carbons (Fsp3) is 0.188. The SMILES string of the molecule is Cc1cccc(/C(=N\NC(=S)N(C)C)c2ccccc2)n1. The van der Waals surface area contributed by atoms with Crippen molar-refractivity contribution in [3.8, 4) is 0 Å². The summed E-state index contributed by atoms with van der Waals surface area (Å²) in [5.41, 5.74) is 6.43. The van der Waals surface area contributed by atoms with Crippen LogP contribution in [0.4, 0.5) is 0 Å². The molecule has 0 bridgehead atoms. The maximum atomic E-state index is 5.21. The maximum Gasteiger partial charge on any atom is 0.189 e. The van der Waals surface area contributed by atoms with Gasteiger partial charge in [-0.1, -0.05) is 36.4 Å². The molecule has 2 aromatic rings. The summed E-state index contributed by atoms with van der Waals surface area (Å²) in [6.45, 7) is 1.96. The van der Waals surface area contributed by atoms with Crippen molar-refractivity contribution < 1.29 is 0 Å². The fourth-order valence-corrected chi connectivity index (χ4v) is 1.79. The van der Waals surface area contributed by atoms with E-state index in [2.05, 4.69) is 15.5 Å². The molecule has 0 fully saturated rings. The van der Waals surface area contributed by atoms with E-state index in [4.69, 9.17) is 12.2 Å². The molecule has 0 radical (unpaired) electrons. The second kappa shape index (κ2) is 6.95. The van der Waals surface area contributed by atoms with Crippen LogP contribution in [0.5, 0.6) is 0 Å². The van der Waals surface area contributed by atoms with Crippen LogP contribution in [0.3, 0.4) is 0 Å². The number of nitrogens with one attached hydrogen (secondary N) is 1. The van der Waals surface area contributed by atoms with Gasteiger partial charge in [0.25, 0.3) is 0 Å². The van der Waals surface area contributed by atoms with Crippen molar-refractivity contribution >= 4 is 23.0 Å². The quantitative estimate of drug-likeness (QED) is 0.537. The van der Waals surface area contributed by atoms with E-state index in [0.29, 0.717) is 5.11 Å². The molecular formula is C16H18N4S. The first-order valence-electron chi connectivity index (χ1n) is 6.62. The molecular weight excluding hydrogens is 280 g/mol. The monoisotopic (exact) mass is 298 g/mol. The Kier molecular flexibility index (Phi) is 5.00. The van der Waals surface area contributed by atoms with Crippen LogP contribution in [0, 0.1) is 6.92 Å². The van der Waals surface area contributed by atoms with Crippen molar-refractivity contribution in [1.29, 1.82) is 0 Å². The van der Waals surface area contributed by atoms with Crippen LogP contribution < -0.4 is 5.43 Å². The number of aromatic nitrogens is 1. The summed E-state index contributed by atoms with van der Waals surface area (Å²) in [4.78, 5) is 6.34. The molecule has 1 aromatic heterocycles. The van der Waals surface area contributed by atoms with E-state index in [1.165, 1.54) is 0 Å². The van der Waals surface area contributed by atoms with Gasteiger partial charge in [0.2, 0.25) is 0 Å². The zero-order chi connectivity index (χ0) is 15.2. The molecule has 5 heteroatoms. The Morgan fingerprint density at radius 2 is 1.81 bits per heavy atom. The molecule has 0 spiro atoms. The Balaban J connectivity index is 2.40. The van der Waals surface area contributed by atoms with E-state index >= 15 is 0 Å². The molecule has 1 heterocycles. The molecule has 0 unspecified atom stereocenters.